The van der Waals surface area contributed by atoms with Crippen molar-refractivity contribution in [3.8, 4) is 17.2 Å². The first-order valence-electron chi connectivity index (χ1n) is 6.52. The van der Waals surface area contributed by atoms with Crippen LogP contribution in [0.5, 0.6) is 17.2 Å². The van der Waals surface area contributed by atoms with Crippen molar-refractivity contribution in [2.24, 2.45) is 5.73 Å². The van der Waals surface area contributed by atoms with Crippen molar-refractivity contribution < 1.29 is 23.8 Å². The number of anilines is 1. The number of rotatable bonds is 4. The van der Waals surface area contributed by atoms with Crippen LogP contribution in [0, 0.1) is 5.41 Å². The van der Waals surface area contributed by atoms with Crippen molar-refractivity contribution in [3.05, 3.63) is 12.1 Å². The molecule has 0 heterocycles. The second-order valence-corrected chi connectivity index (χ2v) is 4.67. The number of nitrogens with two attached hydrogens (primary N) is 1. The van der Waals surface area contributed by atoms with E-state index in [1.165, 1.54) is 52.3 Å². The largest absolute Gasteiger partial charge is 0.494 e. The van der Waals surface area contributed by atoms with Gasteiger partial charge in [-0.15, -0.1) is 0 Å². The number of esters is 1. The van der Waals surface area contributed by atoms with E-state index >= 15 is 0 Å². The number of amides is 2. The molecule has 0 spiro atoms. The number of methoxy groups -OCH3 is 2. The Bertz CT molecular complexity index is 605. The Hall–Kier alpha value is -2.97. The first-order valence-corrected chi connectivity index (χ1v) is 6.52. The molecule has 0 unspecified atom stereocenters. The summed E-state index contributed by atoms with van der Waals surface area (Å²) in [5, 5.41) is 7.68. The lowest BCUT2D eigenvalue weighted by Gasteiger charge is -2.27. The van der Waals surface area contributed by atoms with Crippen molar-refractivity contribution in [2.75, 3.05) is 33.2 Å². The molecule has 0 aliphatic rings. The van der Waals surface area contributed by atoms with Gasteiger partial charge in [0, 0.05) is 33.2 Å². The van der Waals surface area contributed by atoms with E-state index in [0.717, 1.165) is 4.90 Å². The molecule has 2 amide bonds. The number of nitrogens with zero attached hydrogens (tertiary/aromatic N) is 2. The summed E-state index contributed by atoms with van der Waals surface area (Å²) < 4.78 is 15.5. The summed E-state index contributed by atoms with van der Waals surface area (Å²) in [7, 11) is 5.78. The summed E-state index contributed by atoms with van der Waals surface area (Å²) in [5.74, 6) is -0.539. The van der Waals surface area contributed by atoms with Gasteiger partial charge in [-0.05, 0) is 0 Å². The van der Waals surface area contributed by atoms with Crippen molar-refractivity contribution in [2.45, 2.75) is 6.92 Å². The summed E-state index contributed by atoms with van der Waals surface area (Å²) in [6.45, 7) is 1.25. The van der Waals surface area contributed by atoms with E-state index in [4.69, 9.17) is 25.4 Å². The number of benzene rings is 1. The Morgan fingerprint density at radius 2 is 1.61 bits per heavy atom. The highest BCUT2D eigenvalue weighted by molar-refractivity contribution is 6.15. The fourth-order valence-electron chi connectivity index (χ4n) is 1.83. The van der Waals surface area contributed by atoms with Crippen LogP contribution in [0.4, 0.5) is 10.5 Å². The number of ether oxygens (including phenoxy) is 3. The zero-order valence-electron chi connectivity index (χ0n) is 13.7. The minimum atomic E-state index is -0.561. The Labute approximate surface area is 134 Å². The smallest absolute Gasteiger partial charge is 0.331 e. The van der Waals surface area contributed by atoms with Crippen molar-refractivity contribution in [3.63, 3.8) is 0 Å². The van der Waals surface area contributed by atoms with Gasteiger partial charge < -0.3 is 24.8 Å². The average Bonchev–Trinajstić information content (AvgIpc) is 2.46. The molecular weight excluding hydrogens is 304 g/mol. The van der Waals surface area contributed by atoms with Gasteiger partial charge in [-0.3, -0.25) is 10.2 Å². The third-order valence-corrected chi connectivity index (χ3v) is 2.75. The third kappa shape index (κ3) is 4.02. The first kappa shape index (κ1) is 18.1. The molecule has 0 aliphatic heterocycles. The molecule has 126 valence electrons. The maximum absolute atomic E-state index is 12.3. The maximum Gasteiger partial charge on any atom is 0.331 e. The van der Waals surface area contributed by atoms with Gasteiger partial charge >= 0.3 is 12.0 Å². The molecule has 0 saturated heterocycles. The molecule has 9 heteroatoms. The fourth-order valence-corrected chi connectivity index (χ4v) is 1.83. The summed E-state index contributed by atoms with van der Waals surface area (Å²) in [5.41, 5.74) is 5.67. The lowest BCUT2D eigenvalue weighted by atomic mass is 10.2. The lowest BCUT2D eigenvalue weighted by Crippen LogP contribution is -2.47. The quantitative estimate of drug-likeness (QED) is 0.369. The van der Waals surface area contributed by atoms with Crippen LogP contribution in [0.25, 0.3) is 0 Å². The summed E-state index contributed by atoms with van der Waals surface area (Å²) in [6.07, 6.45) is 0. The first-order chi connectivity index (χ1) is 10.7. The minimum Gasteiger partial charge on any atom is -0.494 e. The molecule has 0 bridgehead atoms. The topological polar surface area (TPSA) is 118 Å². The summed E-state index contributed by atoms with van der Waals surface area (Å²) >= 11 is 0. The van der Waals surface area contributed by atoms with Gasteiger partial charge in [-0.25, -0.2) is 9.69 Å². The van der Waals surface area contributed by atoms with E-state index in [1.807, 2.05) is 0 Å². The Balaban J connectivity index is 3.56. The van der Waals surface area contributed by atoms with E-state index in [2.05, 4.69) is 0 Å². The highest BCUT2D eigenvalue weighted by atomic mass is 16.5. The number of guanidine groups is 1. The lowest BCUT2D eigenvalue weighted by molar-refractivity contribution is -0.131. The van der Waals surface area contributed by atoms with E-state index < -0.39 is 18.0 Å². The van der Waals surface area contributed by atoms with Crippen LogP contribution in [0.3, 0.4) is 0 Å². The molecule has 0 aliphatic carbocycles. The minimum absolute atomic E-state index is 0.136. The van der Waals surface area contributed by atoms with E-state index in [0.29, 0.717) is 0 Å². The normalized spacial score (nSPS) is 9.78. The Morgan fingerprint density at radius 3 is 1.91 bits per heavy atom. The molecule has 1 rings (SSSR count). The highest BCUT2D eigenvalue weighted by Gasteiger charge is 2.28. The van der Waals surface area contributed by atoms with Crippen LogP contribution in [0.1, 0.15) is 6.92 Å². The second-order valence-electron chi connectivity index (χ2n) is 4.67. The van der Waals surface area contributed by atoms with Crippen LogP contribution >= 0.6 is 0 Å². The van der Waals surface area contributed by atoms with Crippen LogP contribution in [-0.4, -0.2) is 51.2 Å². The second kappa shape index (κ2) is 7.34. The highest BCUT2D eigenvalue weighted by Crippen LogP contribution is 2.42. The predicted molar refractivity (Wildman–Crippen MR) is 84.3 cm³/mol. The molecule has 0 saturated carbocycles. The average molecular weight is 324 g/mol. The molecule has 1 aromatic carbocycles. The Morgan fingerprint density at radius 1 is 1.13 bits per heavy atom. The maximum atomic E-state index is 12.3. The molecular formula is C14H20N4O5. The number of urea groups is 1. The molecule has 23 heavy (non-hydrogen) atoms. The summed E-state index contributed by atoms with van der Waals surface area (Å²) in [4.78, 5) is 25.6. The zero-order chi connectivity index (χ0) is 17.7. The molecule has 1 aromatic rings. The van der Waals surface area contributed by atoms with Gasteiger partial charge in [-0.2, -0.15) is 0 Å². The molecule has 0 fully saturated rings. The number of hydrogen-bond acceptors (Lipinski definition) is 6. The predicted octanol–water partition coefficient (Wildman–Crippen LogP) is 1.01. The molecule has 0 radical (unpaired) electrons. The summed E-state index contributed by atoms with van der Waals surface area (Å²) in [6, 6.07) is 2.24. The zero-order valence-corrected chi connectivity index (χ0v) is 13.7. The van der Waals surface area contributed by atoms with Crippen LogP contribution in [-0.2, 0) is 4.79 Å². The molecule has 0 atom stereocenters. The van der Waals surface area contributed by atoms with Gasteiger partial charge in [0.25, 0.3) is 0 Å². The van der Waals surface area contributed by atoms with Gasteiger partial charge in [0.05, 0.1) is 14.2 Å². The van der Waals surface area contributed by atoms with Gasteiger partial charge in [-0.1, -0.05) is 0 Å². The number of carbonyl (C=O) groups is 2. The van der Waals surface area contributed by atoms with E-state index in [-0.39, 0.29) is 22.9 Å². The van der Waals surface area contributed by atoms with Crippen molar-refractivity contribution in [1.29, 1.82) is 5.41 Å². The van der Waals surface area contributed by atoms with Crippen LogP contribution in [0.15, 0.2) is 12.1 Å². The Kier molecular flexibility index (Phi) is 5.77. The molecule has 3 N–H and O–H groups in total. The van der Waals surface area contributed by atoms with Gasteiger partial charge in [0.2, 0.25) is 5.96 Å². The van der Waals surface area contributed by atoms with Gasteiger partial charge in [0.15, 0.2) is 11.5 Å². The monoisotopic (exact) mass is 324 g/mol. The van der Waals surface area contributed by atoms with E-state index in [1.54, 1.807) is 0 Å². The molecule has 9 nitrogen and oxygen atoms in total. The number of nitrogens with one attached hydrogen (secondary N) is 1. The van der Waals surface area contributed by atoms with Crippen LogP contribution in [0.2, 0.25) is 0 Å². The number of carbonyl (C=O) groups excluding carboxylic acids is 2. The standard InChI is InChI=1S/C14H20N4O5/c1-8(19)23-9-6-10(21-4)12(11(7-9)22-5)18(13(15)16)14(20)17(2)3/h6-7H,1-5H3,(H3,15,16). The van der Waals surface area contributed by atoms with Crippen molar-refractivity contribution in [1.82, 2.24) is 4.90 Å². The SMILES string of the molecule is COc1cc(OC(C)=O)cc(OC)c1N(C(=N)N)C(=O)N(C)C. The third-order valence-electron chi connectivity index (χ3n) is 2.75. The molecule has 0 aromatic heterocycles. The number of hydrogen-bond donors (Lipinski definition) is 2. The fraction of sp³-hybridized carbons (Fsp3) is 0.357. The van der Waals surface area contributed by atoms with E-state index in [9.17, 15) is 9.59 Å². The van der Waals surface area contributed by atoms with Crippen LogP contribution < -0.4 is 24.8 Å². The van der Waals surface area contributed by atoms with Crippen molar-refractivity contribution >= 4 is 23.6 Å². The van der Waals surface area contributed by atoms with Gasteiger partial charge in [0.1, 0.15) is 11.4 Å².